The summed E-state index contributed by atoms with van der Waals surface area (Å²) in [6.45, 7) is 4.60. The number of hydrogen-bond donors (Lipinski definition) is 0. The molecular formula is C19H29N5O2. The van der Waals surface area contributed by atoms with E-state index in [4.69, 9.17) is 0 Å². The predicted molar refractivity (Wildman–Crippen MR) is 96.2 cm³/mol. The fourth-order valence-electron chi connectivity index (χ4n) is 4.84. The second kappa shape index (κ2) is 7.37. The maximum Gasteiger partial charge on any atom is 0.222 e. The van der Waals surface area contributed by atoms with Gasteiger partial charge in [0.2, 0.25) is 11.8 Å². The molecule has 7 heteroatoms. The Morgan fingerprint density at radius 1 is 1.00 bits per heavy atom. The number of carbonyl (C=O) groups is 2. The summed E-state index contributed by atoms with van der Waals surface area (Å²) in [5.74, 6) is 2.84. The molecule has 0 aromatic carbocycles. The highest BCUT2D eigenvalue weighted by Gasteiger charge is 2.33. The van der Waals surface area contributed by atoms with Crippen LogP contribution in [0.3, 0.4) is 0 Å². The van der Waals surface area contributed by atoms with Crippen LogP contribution in [0.1, 0.15) is 69.6 Å². The Balaban J connectivity index is 1.44. The lowest BCUT2D eigenvalue weighted by atomic mass is 10.0. The summed E-state index contributed by atoms with van der Waals surface area (Å²) in [6.07, 6.45) is 8.37. The second-order valence-corrected chi connectivity index (χ2v) is 7.98. The van der Waals surface area contributed by atoms with Crippen molar-refractivity contribution < 1.29 is 9.59 Å². The van der Waals surface area contributed by atoms with Gasteiger partial charge in [0.15, 0.2) is 5.82 Å². The summed E-state index contributed by atoms with van der Waals surface area (Å²) in [4.78, 5) is 28.5. The number of fused-ring (bicyclic) bond motifs is 1. The molecular weight excluding hydrogens is 330 g/mol. The first-order valence-electron chi connectivity index (χ1n) is 10.1. The second-order valence-electron chi connectivity index (χ2n) is 7.98. The van der Waals surface area contributed by atoms with E-state index in [1.54, 1.807) is 6.92 Å². The van der Waals surface area contributed by atoms with E-state index in [1.165, 1.54) is 25.7 Å². The Hall–Kier alpha value is -1.92. The van der Waals surface area contributed by atoms with Gasteiger partial charge in [-0.05, 0) is 31.6 Å². The van der Waals surface area contributed by atoms with Gasteiger partial charge >= 0.3 is 0 Å². The van der Waals surface area contributed by atoms with Crippen molar-refractivity contribution >= 4 is 11.8 Å². The molecule has 3 heterocycles. The first kappa shape index (κ1) is 17.5. The Kier molecular flexibility index (Phi) is 4.96. The normalized spacial score (nSPS) is 24.0. The van der Waals surface area contributed by atoms with Gasteiger partial charge < -0.3 is 14.4 Å². The van der Waals surface area contributed by atoms with Crippen molar-refractivity contribution in [2.24, 2.45) is 5.92 Å². The zero-order valence-electron chi connectivity index (χ0n) is 15.7. The third-order valence-electron chi connectivity index (χ3n) is 6.30. The first-order valence-corrected chi connectivity index (χ1v) is 10.1. The minimum Gasteiger partial charge on any atom is -0.340 e. The van der Waals surface area contributed by atoms with Gasteiger partial charge in [-0.3, -0.25) is 9.59 Å². The minimum atomic E-state index is 0.0366. The van der Waals surface area contributed by atoms with Crippen molar-refractivity contribution in [3.05, 3.63) is 11.6 Å². The lowest BCUT2D eigenvalue weighted by Gasteiger charge is -2.24. The Bertz CT molecular complexity index is 679. The van der Waals surface area contributed by atoms with Crippen LogP contribution in [0, 0.1) is 5.92 Å². The molecule has 1 aromatic rings. The van der Waals surface area contributed by atoms with Crippen LogP contribution in [-0.4, -0.2) is 56.0 Å². The Labute approximate surface area is 154 Å². The summed E-state index contributed by atoms with van der Waals surface area (Å²) in [6, 6.07) is 0.0366. The van der Waals surface area contributed by atoms with Crippen molar-refractivity contribution in [1.29, 1.82) is 0 Å². The minimum absolute atomic E-state index is 0.0366. The monoisotopic (exact) mass is 359 g/mol. The molecule has 3 aliphatic rings. The van der Waals surface area contributed by atoms with Crippen LogP contribution in [0.2, 0.25) is 0 Å². The van der Waals surface area contributed by atoms with Crippen LogP contribution in [0.4, 0.5) is 0 Å². The number of carbonyl (C=O) groups excluding carboxylic acids is 2. The van der Waals surface area contributed by atoms with Crippen molar-refractivity contribution in [2.75, 3.05) is 19.6 Å². The average Bonchev–Trinajstić information content (AvgIpc) is 3.33. The van der Waals surface area contributed by atoms with E-state index in [2.05, 4.69) is 14.8 Å². The molecule has 2 aliphatic heterocycles. The van der Waals surface area contributed by atoms with Crippen LogP contribution < -0.4 is 0 Å². The van der Waals surface area contributed by atoms with Gasteiger partial charge in [0, 0.05) is 45.9 Å². The molecule has 0 spiro atoms. The Morgan fingerprint density at radius 2 is 1.81 bits per heavy atom. The van der Waals surface area contributed by atoms with Crippen LogP contribution in [0.15, 0.2) is 0 Å². The van der Waals surface area contributed by atoms with Crippen LogP contribution in [0.25, 0.3) is 0 Å². The third-order valence-corrected chi connectivity index (χ3v) is 6.30. The van der Waals surface area contributed by atoms with E-state index in [9.17, 15) is 9.59 Å². The highest BCUT2D eigenvalue weighted by Crippen LogP contribution is 2.32. The van der Waals surface area contributed by atoms with Gasteiger partial charge in [0.05, 0.1) is 6.04 Å². The van der Waals surface area contributed by atoms with Crippen molar-refractivity contribution in [3.8, 4) is 0 Å². The Morgan fingerprint density at radius 3 is 2.58 bits per heavy atom. The zero-order valence-corrected chi connectivity index (χ0v) is 15.7. The molecule has 1 saturated carbocycles. The van der Waals surface area contributed by atoms with Crippen molar-refractivity contribution in [1.82, 2.24) is 24.6 Å². The van der Waals surface area contributed by atoms with Gasteiger partial charge in [-0.15, -0.1) is 10.2 Å². The first-order chi connectivity index (χ1) is 12.6. The zero-order chi connectivity index (χ0) is 18.1. The quantitative estimate of drug-likeness (QED) is 0.827. The van der Waals surface area contributed by atoms with Crippen LogP contribution in [-0.2, 0) is 22.6 Å². The lowest BCUT2D eigenvalue weighted by molar-refractivity contribution is -0.132. The van der Waals surface area contributed by atoms with E-state index in [0.717, 1.165) is 57.1 Å². The molecule has 0 bridgehead atoms. The van der Waals surface area contributed by atoms with E-state index < -0.39 is 0 Å². The largest absolute Gasteiger partial charge is 0.340 e. The molecule has 0 radical (unpaired) electrons. The lowest BCUT2D eigenvalue weighted by Crippen LogP contribution is -2.35. The summed E-state index contributed by atoms with van der Waals surface area (Å²) in [5, 5.41) is 8.81. The van der Waals surface area contributed by atoms with Gasteiger partial charge in [-0.2, -0.15) is 0 Å². The molecule has 2 fully saturated rings. The maximum absolute atomic E-state index is 12.7. The number of rotatable bonds is 3. The van der Waals surface area contributed by atoms with E-state index in [0.29, 0.717) is 18.2 Å². The molecule has 7 nitrogen and oxygen atoms in total. The highest BCUT2D eigenvalue weighted by molar-refractivity contribution is 5.76. The van der Waals surface area contributed by atoms with Gasteiger partial charge in [0.1, 0.15) is 5.82 Å². The van der Waals surface area contributed by atoms with E-state index >= 15 is 0 Å². The fourth-order valence-corrected chi connectivity index (χ4v) is 4.84. The molecule has 1 aliphatic carbocycles. The molecule has 26 heavy (non-hydrogen) atoms. The predicted octanol–water partition coefficient (Wildman–Crippen LogP) is 1.93. The smallest absolute Gasteiger partial charge is 0.222 e. The number of nitrogens with zero attached hydrogens (tertiary/aromatic N) is 5. The highest BCUT2D eigenvalue weighted by atomic mass is 16.2. The molecule has 0 unspecified atom stereocenters. The van der Waals surface area contributed by atoms with Crippen molar-refractivity contribution in [2.45, 2.75) is 70.9 Å². The van der Waals surface area contributed by atoms with E-state index in [-0.39, 0.29) is 11.9 Å². The number of aromatic nitrogens is 3. The summed E-state index contributed by atoms with van der Waals surface area (Å²) in [5.41, 5.74) is 0. The fraction of sp³-hybridized carbons (Fsp3) is 0.789. The molecule has 1 aromatic heterocycles. The van der Waals surface area contributed by atoms with Crippen LogP contribution in [0.5, 0.6) is 0 Å². The summed E-state index contributed by atoms with van der Waals surface area (Å²) >= 11 is 0. The molecule has 2 amide bonds. The van der Waals surface area contributed by atoms with Crippen molar-refractivity contribution in [3.63, 3.8) is 0 Å². The number of hydrogen-bond acceptors (Lipinski definition) is 4. The van der Waals surface area contributed by atoms with Gasteiger partial charge in [-0.25, -0.2) is 0 Å². The van der Waals surface area contributed by atoms with Gasteiger partial charge in [0.25, 0.3) is 0 Å². The average molecular weight is 359 g/mol. The number of likely N-dealkylation sites (tertiary alicyclic amines) is 1. The van der Waals surface area contributed by atoms with E-state index in [1.807, 2.05) is 9.80 Å². The topological polar surface area (TPSA) is 71.3 Å². The summed E-state index contributed by atoms with van der Waals surface area (Å²) < 4.78 is 2.16. The summed E-state index contributed by atoms with van der Waals surface area (Å²) in [7, 11) is 0. The van der Waals surface area contributed by atoms with Crippen LogP contribution >= 0.6 is 0 Å². The molecule has 142 valence electrons. The number of amides is 2. The maximum atomic E-state index is 12.7. The standard InChI is InChI=1S/C19H29N5O2/c1-14(25)23-9-4-7-16(23)19-21-20-17-8-10-22(11-12-24(17)19)18(26)13-15-5-2-3-6-15/h15-16H,2-13H2,1H3/t16-/m1/s1. The van der Waals surface area contributed by atoms with Gasteiger partial charge in [-0.1, -0.05) is 12.8 Å². The molecule has 4 rings (SSSR count). The molecule has 0 N–H and O–H groups in total. The molecule has 1 saturated heterocycles. The third kappa shape index (κ3) is 3.35. The molecule has 1 atom stereocenters. The SMILES string of the molecule is CC(=O)N1CCC[C@@H]1c1nnc2n1CCN(C(=O)CC1CCCC1)CC2.